The lowest BCUT2D eigenvalue weighted by Crippen LogP contribution is -2.36. The summed E-state index contributed by atoms with van der Waals surface area (Å²) in [6, 6.07) is 7.76. The molecular formula is C19H23F3N4OS. The molecule has 0 amide bonds. The Labute approximate surface area is 166 Å². The van der Waals surface area contributed by atoms with Crippen molar-refractivity contribution in [1.29, 1.82) is 0 Å². The summed E-state index contributed by atoms with van der Waals surface area (Å²) < 4.78 is 43.9. The minimum Gasteiger partial charge on any atom is -0.493 e. The Balaban J connectivity index is 1.60. The summed E-state index contributed by atoms with van der Waals surface area (Å²) in [4.78, 5) is 8.15. The smallest absolute Gasteiger partial charge is 0.434 e. The molecule has 3 rings (SSSR count). The molecule has 1 aromatic heterocycles. The molecule has 5 nitrogen and oxygen atoms in total. The number of ether oxygens (including phenoxy) is 1. The second kappa shape index (κ2) is 9.27. The summed E-state index contributed by atoms with van der Waals surface area (Å²) in [5, 5.41) is 7.50. The maximum Gasteiger partial charge on any atom is 0.434 e. The fourth-order valence-corrected chi connectivity index (χ4v) is 3.20. The van der Waals surface area contributed by atoms with Gasteiger partial charge in [-0.25, -0.2) is 9.98 Å². The van der Waals surface area contributed by atoms with Crippen LogP contribution in [0.25, 0.3) is 0 Å². The van der Waals surface area contributed by atoms with E-state index in [2.05, 4.69) is 20.6 Å². The van der Waals surface area contributed by atoms with Gasteiger partial charge in [-0.1, -0.05) is 18.2 Å². The molecule has 0 atom stereocenters. The van der Waals surface area contributed by atoms with Crippen LogP contribution in [0.1, 0.15) is 36.0 Å². The number of aliphatic imine (C=N–C) groups is 1. The molecule has 1 aliphatic carbocycles. The van der Waals surface area contributed by atoms with Crippen LogP contribution in [-0.4, -0.2) is 24.1 Å². The molecule has 0 saturated heterocycles. The highest BCUT2D eigenvalue weighted by molar-refractivity contribution is 7.09. The number of thiazole rings is 1. The lowest BCUT2D eigenvalue weighted by atomic mass is 10.2. The molecule has 0 aliphatic heterocycles. The number of benzene rings is 1. The molecular weight excluding hydrogens is 389 g/mol. The van der Waals surface area contributed by atoms with Crippen LogP contribution in [0.5, 0.6) is 5.75 Å². The van der Waals surface area contributed by atoms with Crippen molar-refractivity contribution in [2.45, 2.75) is 39.0 Å². The van der Waals surface area contributed by atoms with Gasteiger partial charge in [-0.2, -0.15) is 13.2 Å². The van der Waals surface area contributed by atoms with Gasteiger partial charge in [0.25, 0.3) is 0 Å². The molecule has 0 spiro atoms. The number of guanidine groups is 1. The lowest BCUT2D eigenvalue weighted by Gasteiger charge is -2.12. The Bertz CT molecular complexity index is 802. The maximum atomic E-state index is 12.7. The maximum absolute atomic E-state index is 12.7. The minimum absolute atomic E-state index is 0.173. The molecule has 9 heteroatoms. The summed E-state index contributed by atoms with van der Waals surface area (Å²) in [6.07, 6.45) is -1.97. The number of aromatic nitrogens is 1. The van der Waals surface area contributed by atoms with Crippen LogP contribution < -0.4 is 15.4 Å². The number of hydrogen-bond donors (Lipinski definition) is 2. The van der Waals surface area contributed by atoms with Crippen LogP contribution in [-0.2, 0) is 19.3 Å². The Kier molecular flexibility index (Phi) is 6.77. The van der Waals surface area contributed by atoms with Gasteiger partial charge in [0.15, 0.2) is 11.7 Å². The van der Waals surface area contributed by atoms with Crippen LogP contribution in [0.15, 0.2) is 34.6 Å². The second-order valence-electron chi connectivity index (χ2n) is 6.54. The molecule has 0 unspecified atom stereocenters. The highest BCUT2D eigenvalue weighted by atomic mass is 32.1. The van der Waals surface area contributed by atoms with E-state index in [1.54, 1.807) is 0 Å². The Morgan fingerprint density at radius 2 is 2.07 bits per heavy atom. The van der Waals surface area contributed by atoms with Crippen LogP contribution in [0.3, 0.4) is 0 Å². The molecule has 1 aromatic carbocycles. The third kappa shape index (κ3) is 6.12. The molecule has 28 heavy (non-hydrogen) atoms. The largest absolute Gasteiger partial charge is 0.493 e. The molecule has 0 bridgehead atoms. The minimum atomic E-state index is -4.42. The standard InChI is InChI=1S/C19H23F3N4OS/c1-2-23-18(25-10-17-26-16(12-28-17)19(20,21)22)24-9-14-5-3-4-6-15(14)27-11-13-7-8-13/h3-6,12-13H,2,7-11H2,1H3,(H2,23,24,25). The van der Waals surface area contributed by atoms with Crippen LogP contribution in [0.4, 0.5) is 13.2 Å². The van der Waals surface area contributed by atoms with Gasteiger partial charge >= 0.3 is 6.18 Å². The first-order chi connectivity index (χ1) is 13.5. The second-order valence-corrected chi connectivity index (χ2v) is 7.48. The number of nitrogens with zero attached hydrogens (tertiary/aromatic N) is 2. The molecule has 2 aromatic rings. The van der Waals surface area contributed by atoms with E-state index in [-0.39, 0.29) is 6.54 Å². The molecule has 2 N–H and O–H groups in total. The first kappa shape index (κ1) is 20.4. The quantitative estimate of drug-likeness (QED) is 0.504. The zero-order valence-corrected chi connectivity index (χ0v) is 16.4. The van der Waals surface area contributed by atoms with E-state index in [0.29, 0.717) is 30.0 Å². The highest BCUT2D eigenvalue weighted by Gasteiger charge is 2.33. The van der Waals surface area contributed by atoms with E-state index in [4.69, 9.17) is 4.74 Å². The van der Waals surface area contributed by atoms with E-state index in [0.717, 1.165) is 34.6 Å². The third-order valence-electron chi connectivity index (χ3n) is 4.15. The first-order valence-electron chi connectivity index (χ1n) is 9.20. The number of nitrogens with one attached hydrogen (secondary N) is 2. The van der Waals surface area contributed by atoms with Crippen molar-refractivity contribution in [1.82, 2.24) is 15.6 Å². The predicted octanol–water partition coefficient (Wildman–Crippen LogP) is 4.21. The van der Waals surface area contributed by atoms with Crippen molar-refractivity contribution >= 4 is 17.3 Å². The van der Waals surface area contributed by atoms with Crippen molar-refractivity contribution in [2.75, 3.05) is 13.2 Å². The zero-order valence-electron chi connectivity index (χ0n) is 15.6. The molecule has 1 aliphatic rings. The monoisotopic (exact) mass is 412 g/mol. The van der Waals surface area contributed by atoms with Gasteiger partial charge in [-0.05, 0) is 31.7 Å². The van der Waals surface area contributed by atoms with E-state index in [1.165, 1.54) is 12.8 Å². The summed E-state index contributed by atoms with van der Waals surface area (Å²) in [5.41, 5.74) is 0.104. The van der Waals surface area contributed by atoms with Crippen LogP contribution in [0, 0.1) is 5.92 Å². The predicted molar refractivity (Wildman–Crippen MR) is 103 cm³/mol. The van der Waals surface area contributed by atoms with E-state index in [9.17, 15) is 13.2 Å². The van der Waals surface area contributed by atoms with Crippen molar-refractivity contribution < 1.29 is 17.9 Å². The zero-order chi connectivity index (χ0) is 20.0. The van der Waals surface area contributed by atoms with Crippen molar-refractivity contribution in [3.63, 3.8) is 0 Å². The number of rotatable bonds is 8. The summed E-state index contributed by atoms with van der Waals surface area (Å²) in [5.74, 6) is 2.00. The Morgan fingerprint density at radius 1 is 1.29 bits per heavy atom. The summed E-state index contributed by atoms with van der Waals surface area (Å²) >= 11 is 0.972. The van der Waals surface area contributed by atoms with Crippen molar-refractivity contribution in [2.24, 2.45) is 10.9 Å². The van der Waals surface area contributed by atoms with Gasteiger partial charge < -0.3 is 15.4 Å². The number of para-hydroxylation sites is 1. The molecule has 0 radical (unpaired) electrons. The van der Waals surface area contributed by atoms with Gasteiger partial charge in [0, 0.05) is 17.5 Å². The van der Waals surface area contributed by atoms with Gasteiger partial charge in [0.1, 0.15) is 10.8 Å². The van der Waals surface area contributed by atoms with E-state index in [1.807, 2.05) is 31.2 Å². The molecule has 1 saturated carbocycles. The Hall–Kier alpha value is -2.29. The van der Waals surface area contributed by atoms with Gasteiger partial charge in [0.2, 0.25) is 0 Å². The molecule has 152 valence electrons. The first-order valence-corrected chi connectivity index (χ1v) is 10.1. The number of hydrogen-bond acceptors (Lipinski definition) is 4. The fourth-order valence-electron chi connectivity index (χ4n) is 2.46. The number of halogens is 3. The molecule has 1 fully saturated rings. The van der Waals surface area contributed by atoms with Gasteiger partial charge in [-0.15, -0.1) is 11.3 Å². The highest BCUT2D eigenvalue weighted by Crippen LogP contribution is 2.31. The third-order valence-corrected chi connectivity index (χ3v) is 4.99. The topological polar surface area (TPSA) is 58.5 Å². The fraction of sp³-hybridized carbons (Fsp3) is 0.474. The van der Waals surface area contributed by atoms with Crippen molar-refractivity contribution in [3.05, 3.63) is 45.9 Å². The van der Waals surface area contributed by atoms with Crippen molar-refractivity contribution in [3.8, 4) is 5.75 Å². The van der Waals surface area contributed by atoms with Gasteiger partial charge in [0.05, 0.1) is 19.7 Å². The summed E-state index contributed by atoms with van der Waals surface area (Å²) in [7, 11) is 0. The number of alkyl halides is 3. The van der Waals surface area contributed by atoms with Gasteiger partial charge in [-0.3, -0.25) is 0 Å². The average molecular weight is 412 g/mol. The average Bonchev–Trinajstić information content (AvgIpc) is 3.36. The van der Waals surface area contributed by atoms with E-state index >= 15 is 0 Å². The van der Waals surface area contributed by atoms with Crippen LogP contribution >= 0.6 is 11.3 Å². The Morgan fingerprint density at radius 3 is 2.75 bits per heavy atom. The van der Waals surface area contributed by atoms with E-state index < -0.39 is 11.9 Å². The lowest BCUT2D eigenvalue weighted by molar-refractivity contribution is -0.140. The van der Waals surface area contributed by atoms with Crippen LogP contribution in [0.2, 0.25) is 0 Å². The summed E-state index contributed by atoms with van der Waals surface area (Å²) in [6.45, 7) is 3.87. The molecule has 1 heterocycles. The SMILES string of the molecule is CCNC(=NCc1ccccc1OCC1CC1)NCc1nc(C(F)(F)F)cs1. The normalized spacial score (nSPS) is 14.8.